The summed E-state index contributed by atoms with van der Waals surface area (Å²) in [5.74, 6) is 0. The third-order valence-corrected chi connectivity index (χ3v) is 6.87. The Kier molecular flexibility index (Phi) is 9.26. The first-order valence-corrected chi connectivity index (χ1v) is 11.9. The molecule has 4 nitrogen and oxygen atoms in total. The fourth-order valence-corrected chi connectivity index (χ4v) is 4.91. The average molecular weight is 391 g/mol. The zero-order valence-corrected chi connectivity index (χ0v) is 17.7. The van der Waals surface area contributed by atoms with E-state index < -0.39 is 0 Å². The largest absolute Gasteiger partial charge is 0.388 e. The number of hydrogen-bond acceptors (Lipinski definition) is 2. The van der Waals surface area contributed by atoms with Crippen LogP contribution in [0.4, 0.5) is 0 Å². The topological polar surface area (TPSA) is 49.3 Å². The molecule has 158 valence electrons. The SMILES string of the molecule is O[C@H](CC[NH+]1CCCCCC1)c1ccc([C@H](O)CC[NH+]2CCCCCC2)cc1. The smallest absolute Gasteiger partial charge is 0.0843 e. The van der Waals surface area contributed by atoms with Crippen LogP contribution in [0.15, 0.2) is 24.3 Å². The van der Waals surface area contributed by atoms with Crippen molar-refractivity contribution < 1.29 is 20.0 Å². The van der Waals surface area contributed by atoms with E-state index in [4.69, 9.17) is 0 Å². The highest BCUT2D eigenvalue weighted by Gasteiger charge is 2.18. The summed E-state index contributed by atoms with van der Waals surface area (Å²) in [6.45, 7) is 7.16. The molecule has 1 aromatic carbocycles. The molecule has 0 aromatic heterocycles. The Morgan fingerprint density at radius 3 is 1.21 bits per heavy atom. The van der Waals surface area contributed by atoms with Crippen molar-refractivity contribution in [2.24, 2.45) is 0 Å². The Labute approximate surface area is 171 Å². The van der Waals surface area contributed by atoms with Gasteiger partial charge in [-0.05, 0) is 62.5 Å². The van der Waals surface area contributed by atoms with Gasteiger partial charge >= 0.3 is 0 Å². The van der Waals surface area contributed by atoms with E-state index in [2.05, 4.69) is 0 Å². The van der Waals surface area contributed by atoms with Crippen molar-refractivity contribution in [1.29, 1.82) is 0 Å². The lowest BCUT2D eigenvalue weighted by molar-refractivity contribution is -0.900. The van der Waals surface area contributed by atoms with E-state index in [0.29, 0.717) is 0 Å². The molecule has 4 N–H and O–H groups in total. The summed E-state index contributed by atoms with van der Waals surface area (Å²) >= 11 is 0. The summed E-state index contributed by atoms with van der Waals surface area (Å²) in [5.41, 5.74) is 1.98. The van der Waals surface area contributed by atoms with Crippen molar-refractivity contribution in [2.45, 2.75) is 76.4 Å². The van der Waals surface area contributed by atoms with Crippen molar-refractivity contribution >= 4 is 0 Å². The van der Waals surface area contributed by atoms with Crippen LogP contribution in [0.2, 0.25) is 0 Å². The summed E-state index contributed by atoms with van der Waals surface area (Å²) in [7, 11) is 0. The molecule has 2 fully saturated rings. The molecule has 2 saturated heterocycles. The van der Waals surface area contributed by atoms with Crippen molar-refractivity contribution in [1.82, 2.24) is 0 Å². The van der Waals surface area contributed by atoms with E-state index in [1.165, 1.54) is 77.5 Å². The standard InChI is InChI=1S/C24H40N2O2/c27-23(13-19-25-15-5-1-2-6-16-25)21-9-11-22(12-10-21)24(28)14-20-26-17-7-3-4-8-18-26/h9-12,23-24,27-28H,1-8,13-20H2/p+2/t23-,24-/m1/s1. The molecule has 2 atom stereocenters. The molecule has 28 heavy (non-hydrogen) atoms. The number of benzene rings is 1. The van der Waals surface area contributed by atoms with Gasteiger partial charge in [0.05, 0.1) is 51.5 Å². The van der Waals surface area contributed by atoms with Crippen LogP contribution in [0.3, 0.4) is 0 Å². The van der Waals surface area contributed by atoms with Gasteiger partial charge in [0.2, 0.25) is 0 Å². The molecule has 3 rings (SSSR count). The minimum Gasteiger partial charge on any atom is -0.388 e. The lowest BCUT2D eigenvalue weighted by Gasteiger charge is -2.20. The Morgan fingerprint density at radius 2 is 0.893 bits per heavy atom. The highest BCUT2D eigenvalue weighted by molar-refractivity contribution is 5.25. The highest BCUT2D eigenvalue weighted by Crippen LogP contribution is 2.21. The van der Waals surface area contributed by atoms with Gasteiger partial charge in [-0.1, -0.05) is 24.3 Å². The summed E-state index contributed by atoms with van der Waals surface area (Å²) in [6.07, 6.45) is 11.7. The number of rotatable bonds is 8. The normalized spacial score (nSPS) is 22.4. The molecule has 2 aliphatic heterocycles. The van der Waals surface area contributed by atoms with Gasteiger partial charge in [-0.2, -0.15) is 0 Å². The molecular formula is C24H42N2O2+2. The van der Waals surface area contributed by atoms with Gasteiger partial charge in [0.1, 0.15) is 0 Å². The number of likely N-dealkylation sites (tertiary alicyclic amines) is 2. The number of quaternary nitrogens is 2. The molecule has 0 amide bonds. The molecule has 1 aromatic rings. The maximum atomic E-state index is 10.6. The van der Waals surface area contributed by atoms with E-state index >= 15 is 0 Å². The average Bonchev–Trinajstić information content (AvgIpc) is 3.15. The Morgan fingerprint density at radius 1 is 0.571 bits per heavy atom. The second-order valence-electron chi connectivity index (χ2n) is 9.10. The molecule has 4 heteroatoms. The molecule has 0 radical (unpaired) electrons. The van der Waals surface area contributed by atoms with Gasteiger partial charge in [0.25, 0.3) is 0 Å². The summed E-state index contributed by atoms with van der Waals surface area (Å²) < 4.78 is 0. The molecule has 0 bridgehead atoms. The fraction of sp³-hybridized carbons (Fsp3) is 0.750. The quantitative estimate of drug-likeness (QED) is 0.543. The Bertz CT molecular complexity index is 483. The van der Waals surface area contributed by atoms with E-state index in [9.17, 15) is 10.2 Å². The summed E-state index contributed by atoms with van der Waals surface area (Å²) in [5, 5.41) is 21.1. The lowest BCUT2D eigenvalue weighted by atomic mass is 10.0. The molecule has 0 unspecified atom stereocenters. The van der Waals surface area contributed by atoms with Gasteiger partial charge in [-0.15, -0.1) is 0 Å². The van der Waals surface area contributed by atoms with Crippen LogP contribution in [0.25, 0.3) is 0 Å². The minimum atomic E-state index is -0.386. The zero-order chi connectivity index (χ0) is 19.6. The second-order valence-corrected chi connectivity index (χ2v) is 9.10. The summed E-state index contributed by atoms with van der Waals surface area (Å²) in [4.78, 5) is 3.30. The van der Waals surface area contributed by atoms with Crippen LogP contribution in [-0.4, -0.2) is 49.5 Å². The first kappa shape index (κ1) is 21.8. The van der Waals surface area contributed by atoms with E-state index in [-0.39, 0.29) is 12.2 Å². The van der Waals surface area contributed by atoms with Crippen LogP contribution in [-0.2, 0) is 0 Å². The molecule has 0 aliphatic carbocycles. The fourth-order valence-electron chi connectivity index (χ4n) is 4.91. The number of nitrogens with one attached hydrogen (secondary N) is 2. The van der Waals surface area contributed by atoms with Gasteiger partial charge in [0, 0.05) is 12.8 Å². The maximum absolute atomic E-state index is 10.6. The lowest BCUT2D eigenvalue weighted by Crippen LogP contribution is -3.11. The van der Waals surface area contributed by atoms with Crippen molar-refractivity contribution in [3.05, 3.63) is 35.4 Å². The predicted molar refractivity (Wildman–Crippen MR) is 114 cm³/mol. The van der Waals surface area contributed by atoms with Crippen LogP contribution < -0.4 is 9.80 Å². The van der Waals surface area contributed by atoms with E-state index in [1.54, 1.807) is 9.80 Å². The number of hydrogen-bond donors (Lipinski definition) is 4. The third-order valence-electron chi connectivity index (χ3n) is 6.87. The monoisotopic (exact) mass is 390 g/mol. The molecule has 2 aliphatic rings. The van der Waals surface area contributed by atoms with Crippen molar-refractivity contribution in [3.8, 4) is 0 Å². The van der Waals surface area contributed by atoms with Crippen molar-refractivity contribution in [3.63, 3.8) is 0 Å². The third kappa shape index (κ3) is 7.14. The highest BCUT2D eigenvalue weighted by atomic mass is 16.3. The number of aliphatic hydroxyl groups is 2. The van der Waals surface area contributed by atoms with Gasteiger partial charge in [-0.3, -0.25) is 0 Å². The van der Waals surface area contributed by atoms with Gasteiger partial charge < -0.3 is 20.0 Å². The Hall–Kier alpha value is -0.940. The number of aliphatic hydroxyl groups excluding tert-OH is 2. The minimum absolute atomic E-state index is 0.386. The summed E-state index contributed by atoms with van der Waals surface area (Å²) in [6, 6.07) is 8.05. The van der Waals surface area contributed by atoms with Crippen LogP contribution in [0.5, 0.6) is 0 Å². The predicted octanol–water partition coefficient (Wildman–Crippen LogP) is 1.45. The van der Waals surface area contributed by atoms with Gasteiger partial charge in [-0.25, -0.2) is 0 Å². The molecular weight excluding hydrogens is 348 g/mol. The van der Waals surface area contributed by atoms with Crippen LogP contribution >= 0.6 is 0 Å². The molecule has 0 spiro atoms. The molecule has 0 saturated carbocycles. The van der Waals surface area contributed by atoms with E-state index in [0.717, 1.165) is 37.1 Å². The first-order valence-electron chi connectivity index (χ1n) is 11.9. The van der Waals surface area contributed by atoms with Gasteiger partial charge in [0.15, 0.2) is 0 Å². The zero-order valence-electron chi connectivity index (χ0n) is 17.7. The molecule has 2 heterocycles. The van der Waals surface area contributed by atoms with Crippen LogP contribution in [0.1, 0.15) is 87.5 Å². The van der Waals surface area contributed by atoms with Crippen molar-refractivity contribution in [2.75, 3.05) is 39.3 Å². The second kappa shape index (κ2) is 11.9. The first-order chi connectivity index (χ1) is 13.7. The van der Waals surface area contributed by atoms with Crippen LogP contribution in [0, 0.1) is 0 Å². The maximum Gasteiger partial charge on any atom is 0.0843 e. The Balaban J connectivity index is 1.42. The van der Waals surface area contributed by atoms with E-state index in [1.807, 2.05) is 24.3 Å².